The van der Waals surface area contributed by atoms with Crippen LogP contribution in [0.3, 0.4) is 0 Å². The first kappa shape index (κ1) is 11.7. The summed E-state index contributed by atoms with van der Waals surface area (Å²) in [5.74, 6) is 0.983. The van der Waals surface area contributed by atoms with Crippen LogP contribution >= 0.6 is 0 Å². The van der Waals surface area contributed by atoms with Gasteiger partial charge in [-0.15, -0.1) is 0 Å². The van der Waals surface area contributed by atoms with E-state index in [4.69, 9.17) is 4.74 Å². The number of likely N-dealkylation sites (N-methyl/N-ethyl adjacent to an activating group) is 1. The first-order chi connectivity index (χ1) is 5.63. The van der Waals surface area contributed by atoms with Gasteiger partial charge in [0.1, 0.15) is 12.1 Å². The Kier molecular flexibility index (Phi) is 3.63. The van der Waals surface area contributed by atoms with E-state index in [0.717, 1.165) is 12.0 Å². The predicted molar refractivity (Wildman–Crippen MR) is 48.9 cm³/mol. The van der Waals surface area contributed by atoms with Gasteiger partial charge in [0, 0.05) is 19.4 Å². The zero-order chi connectivity index (χ0) is 8.77. The standard InChI is InChI=1S/C10H20NO.HI/c1-11(2)7-8-4-5-10(12-3)9(11)6-8;/h8-10H,4-7H2,1-3H3;1H/q+1;/p-1. The van der Waals surface area contributed by atoms with Crippen molar-refractivity contribution < 1.29 is 33.2 Å². The Labute approximate surface area is 98.2 Å². The van der Waals surface area contributed by atoms with Crippen molar-refractivity contribution in [3.63, 3.8) is 0 Å². The molecule has 0 radical (unpaired) electrons. The molecule has 3 atom stereocenters. The highest BCUT2D eigenvalue weighted by molar-refractivity contribution is 4.86. The molecule has 13 heavy (non-hydrogen) atoms. The van der Waals surface area contributed by atoms with Crippen molar-refractivity contribution in [3.8, 4) is 0 Å². The molecule has 0 amide bonds. The molecular weight excluding hydrogens is 277 g/mol. The third-order valence-electron chi connectivity index (χ3n) is 3.79. The largest absolute Gasteiger partial charge is 1.00 e. The van der Waals surface area contributed by atoms with Crippen molar-refractivity contribution in [2.75, 3.05) is 27.7 Å². The molecule has 1 aliphatic heterocycles. The lowest BCUT2D eigenvalue weighted by Crippen LogP contribution is -3.00. The van der Waals surface area contributed by atoms with Crippen LogP contribution in [0.5, 0.6) is 0 Å². The van der Waals surface area contributed by atoms with E-state index in [1.165, 1.54) is 30.3 Å². The summed E-state index contributed by atoms with van der Waals surface area (Å²) in [7, 11) is 6.56. The molecule has 3 heteroatoms. The molecule has 0 aromatic heterocycles. The van der Waals surface area contributed by atoms with Crippen molar-refractivity contribution in [2.45, 2.75) is 31.4 Å². The quantitative estimate of drug-likeness (QED) is 0.413. The molecule has 0 aromatic carbocycles. The Morgan fingerprint density at radius 3 is 2.54 bits per heavy atom. The topological polar surface area (TPSA) is 9.23 Å². The van der Waals surface area contributed by atoms with Crippen LogP contribution in [0.1, 0.15) is 19.3 Å². The van der Waals surface area contributed by atoms with Crippen LogP contribution in [0, 0.1) is 5.92 Å². The van der Waals surface area contributed by atoms with Crippen LogP contribution in [0.15, 0.2) is 0 Å². The van der Waals surface area contributed by atoms with Crippen molar-refractivity contribution >= 4 is 0 Å². The number of hydrogen-bond donors (Lipinski definition) is 0. The Morgan fingerprint density at radius 1 is 1.23 bits per heavy atom. The Balaban J connectivity index is 0.000000845. The lowest BCUT2D eigenvalue weighted by atomic mass is 9.88. The van der Waals surface area contributed by atoms with Crippen molar-refractivity contribution in [3.05, 3.63) is 0 Å². The number of ether oxygens (including phenoxy) is 1. The Morgan fingerprint density at radius 2 is 1.92 bits per heavy atom. The average Bonchev–Trinajstić information content (AvgIpc) is 2.25. The summed E-state index contributed by atoms with van der Waals surface area (Å²) in [6.45, 7) is 1.37. The number of likely N-dealkylation sites (tertiary alicyclic amines) is 1. The van der Waals surface area contributed by atoms with Crippen LogP contribution in [-0.4, -0.2) is 44.4 Å². The second-order valence-electron chi connectivity index (χ2n) is 4.98. The van der Waals surface area contributed by atoms with Crippen LogP contribution < -0.4 is 24.0 Å². The molecule has 2 rings (SSSR count). The highest BCUT2D eigenvalue weighted by Gasteiger charge is 2.48. The zero-order valence-corrected chi connectivity index (χ0v) is 11.0. The molecule has 78 valence electrons. The number of fused-ring (bicyclic) bond motifs is 2. The minimum atomic E-state index is 0. The van der Waals surface area contributed by atoms with Crippen LogP contribution in [0.25, 0.3) is 0 Å². The third-order valence-corrected chi connectivity index (χ3v) is 3.79. The summed E-state index contributed by atoms with van der Waals surface area (Å²) in [6.07, 6.45) is 4.59. The summed E-state index contributed by atoms with van der Waals surface area (Å²) in [5.41, 5.74) is 0. The second-order valence-corrected chi connectivity index (χ2v) is 4.98. The second kappa shape index (κ2) is 4.03. The Hall–Kier alpha value is 0.650. The third kappa shape index (κ3) is 2.02. The number of halogens is 1. The maximum Gasteiger partial charge on any atom is 0.116 e. The summed E-state index contributed by atoms with van der Waals surface area (Å²) in [4.78, 5) is 0. The first-order valence-corrected chi connectivity index (χ1v) is 4.99. The van der Waals surface area contributed by atoms with Gasteiger partial charge in [0.25, 0.3) is 0 Å². The normalized spacial score (nSPS) is 41.3. The summed E-state index contributed by atoms with van der Waals surface area (Å²) in [6, 6.07) is 0.772. The average molecular weight is 297 g/mol. The maximum atomic E-state index is 5.54. The number of nitrogens with zero attached hydrogens (tertiary/aromatic N) is 1. The van der Waals surface area contributed by atoms with E-state index in [2.05, 4.69) is 14.1 Å². The van der Waals surface area contributed by atoms with Crippen molar-refractivity contribution in [1.29, 1.82) is 0 Å². The fourth-order valence-electron chi connectivity index (χ4n) is 3.18. The molecule has 0 N–H and O–H groups in total. The van der Waals surface area contributed by atoms with Gasteiger partial charge in [0.05, 0.1) is 20.6 Å². The molecule has 1 heterocycles. The van der Waals surface area contributed by atoms with Crippen LogP contribution in [0.2, 0.25) is 0 Å². The minimum Gasteiger partial charge on any atom is -1.00 e. The smallest absolute Gasteiger partial charge is 0.116 e. The van der Waals surface area contributed by atoms with Gasteiger partial charge >= 0.3 is 0 Å². The molecule has 1 saturated heterocycles. The highest BCUT2D eigenvalue weighted by Crippen LogP contribution is 2.39. The maximum absolute atomic E-state index is 5.54. The van der Waals surface area contributed by atoms with E-state index in [9.17, 15) is 0 Å². The molecule has 1 saturated carbocycles. The van der Waals surface area contributed by atoms with Gasteiger partial charge in [0.2, 0.25) is 0 Å². The highest BCUT2D eigenvalue weighted by atomic mass is 127. The van der Waals surface area contributed by atoms with Gasteiger partial charge in [-0.3, -0.25) is 0 Å². The summed E-state index contributed by atoms with van der Waals surface area (Å²) >= 11 is 0. The molecule has 3 unspecified atom stereocenters. The van der Waals surface area contributed by atoms with Gasteiger partial charge in [-0.05, 0) is 12.8 Å². The molecule has 0 aromatic rings. The van der Waals surface area contributed by atoms with Crippen molar-refractivity contribution in [2.24, 2.45) is 5.92 Å². The number of hydrogen-bond acceptors (Lipinski definition) is 1. The van der Waals surface area contributed by atoms with E-state index >= 15 is 0 Å². The summed E-state index contributed by atoms with van der Waals surface area (Å²) < 4.78 is 6.72. The number of methoxy groups -OCH3 is 1. The molecule has 2 aliphatic rings. The van der Waals surface area contributed by atoms with E-state index < -0.39 is 0 Å². The lowest BCUT2D eigenvalue weighted by molar-refractivity contribution is -0.905. The van der Waals surface area contributed by atoms with E-state index in [1.807, 2.05) is 7.11 Å². The van der Waals surface area contributed by atoms with Crippen LogP contribution in [0.4, 0.5) is 0 Å². The van der Waals surface area contributed by atoms with Gasteiger partial charge in [0.15, 0.2) is 0 Å². The number of rotatable bonds is 1. The predicted octanol–water partition coefficient (Wildman–Crippen LogP) is -1.74. The molecular formula is C10H20INO. The van der Waals surface area contributed by atoms with Crippen LogP contribution in [-0.2, 0) is 4.74 Å². The van der Waals surface area contributed by atoms with Gasteiger partial charge in [-0.25, -0.2) is 0 Å². The fraction of sp³-hybridized carbons (Fsp3) is 1.00. The van der Waals surface area contributed by atoms with Gasteiger partial charge in [-0.1, -0.05) is 0 Å². The SMILES string of the molecule is COC1CCC2CC1[N+](C)(C)C2.[I-]. The molecule has 0 spiro atoms. The summed E-state index contributed by atoms with van der Waals surface area (Å²) in [5, 5.41) is 0. The van der Waals surface area contributed by atoms with E-state index in [0.29, 0.717) is 6.10 Å². The zero-order valence-electron chi connectivity index (χ0n) is 8.79. The molecule has 1 aliphatic carbocycles. The fourth-order valence-corrected chi connectivity index (χ4v) is 3.18. The molecule has 2 nitrogen and oxygen atoms in total. The lowest BCUT2D eigenvalue weighted by Gasteiger charge is -2.35. The minimum absolute atomic E-state index is 0. The van der Waals surface area contributed by atoms with Gasteiger partial charge < -0.3 is 33.2 Å². The number of quaternary nitrogens is 1. The molecule has 2 fully saturated rings. The first-order valence-electron chi connectivity index (χ1n) is 4.99. The Bertz CT molecular complexity index is 184. The van der Waals surface area contributed by atoms with E-state index in [1.54, 1.807) is 0 Å². The van der Waals surface area contributed by atoms with E-state index in [-0.39, 0.29) is 24.0 Å². The van der Waals surface area contributed by atoms with Crippen molar-refractivity contribution in [1.82, 2.24) is 0 Å². The molecule has 2 bridgehead atoms. The monoisotopic (exact) mass is 297 g/mol. The van der Waals surface area contributed by atoms with Gasteiger partial charge in [-0.2, -0.15) is 0 Å².